The van der Waals surface area contributed by atoms with E-state index in [1.807, 2.05) is 25.1 Å². The van der Waals surface area contributed by atoms with Crippen LogP contribution in [-0.2, 0) is 0 Å². The van der Waals surface area contributed by atoms with Crippen molar-refractivity contribution in [3.05, 3.63) is 23.9 Å². The van der Waals surface area contributed by atoms with E-state index in [1.54, 1.807) is 0 Å². The van der Waals surface area contributed by atoms with E-state index in [2.05, 4.69) is 22.5 Å². The first kappa shape index (κ1) is 6.42. The third kappa shape index (κ3) is 1.61. The van der Waals surface area contributed by atoms with E-state index >= 15 is 0 Å². The van der Waals surface area contributed by atoms with Crippen LogP contribution in [0, 0.1) is 6.92 Å². The van der Waals surface area contributed by atoms with Crippen molar-refractivity contribution in [1.82, 2.24) is 4.98 Å². The highest BCUT2D eigenvalue weighted by Crippen LogP contribution is 2.03. The molecule has 0 spiro atoms. The molecule has 0 aromatic carbocycles. The lowest BCUT2D eigenvalue weighted by atomic mass is 10.4. The molecule has 48 valence electrons. The SMILES string of the molecule is Cc1cccc(NS)n1. The molecule has 0 atom stereocenters. The van der Waals surface area contributed by atoms with Crippen molar-refractivity contribution >= 4 is 18.6 Å². The number of thiol groups is 1. The average Bonchev–Trinajstić information content (AvgIpc) is 1.88. The molecule has 0 aliphatic rings. The fraction of sp³-hybridized carbons (Fsp3) is 0.167. The Hall–Kier alpha value is -0.700. The summed E-state index contributed by atoms with van der Waals surface area (Å²) in [4.78, 5) is 4.10. The molecule has 0 bridgehead atoms. The number of pyridine rings is 1. The minimum Gasteiger partial charge on any atom is -0.317 e. The molecule has 1 aromatic rings. The summed E-state index contributed by atoms with van der Waals surface area (Å²) >= 11 is 3.84. The van der Waals surface area contributed by atoms with E-state index < -0.39 is 0 Å². The van der Waals surface area contributed by atoms with Crippen LogP contribution in [0.4, 0.5) is 5.82 Å². The lowest BCUT2D eigenvalue weighted by Gasteiger charge is -1.96. The summed E-state index contributed by atoms with van der Waals surface area (Å²) in [5.74, 6) is 0.790. The van der Waals surface area contributed by atoms with Crippen molar-refractivity contribution in [2.45, 2.75) is 6.92 Å². The number of hydrogen-bond acceptors (Lipinski definition) is 3. The van der Waals surface area contributed by atoms with Crippen LogP contribution in [0.5, 0.6) is 0 Å². The highest BCUT2D eigenvalue weighted by atomic mass is 32.1. The molecule has 0 radical (unpaired) electrons. The number of aromatic nitrogens is 1. The highest BCUT2D eigenvalue weighted by Gasteiger charge is 1.86. The molecule has 0 saturated heterocycles. The van der Waals surface area contributed by atoms with Gasteiger partial charge in [-0.05, 0) is 19.1 Å². The van der Waals surface area contributed by atoms with Gasteiger partial charge in [0.15, 0.2) is 0 Å². The minimum atomic E-state index is 0.790. The van der Waals surface area contributed by atoms with Crippen LogP contribution in [-0.4, -0.2) is 4.98 Å². The van der Waals surface area contributed by atoms with Gasteiger partial charge in [-0.15, -0.1) is 0 Å². The van der Waals surface area contributed by atoms with Crippen LogP contribution in [0.3, 0.4) is 0 Å². The van der Waals surface area contributed by atoms with E-state index in [1.165, 1.54) is 0 Å². The summed E-state index contributed by atoms with van der Waals surface area (Å²) in [5.41, 5.74) is 0.994. The molecule has 0 aliphatic heterocycles. The Morgan fingerprint density at radius 1 is 1.56 bits per heavy atom. The number of anilines is 1. The lowest BCUT2D eigenvalue weighted by molar-refractivity contribution is 1.21. The first-order chi connectivity index (χ1) is 4.33. The molecule has 0 unspecified atom stereocenters. The predicted molar refractivity (Wildman–Crippen MR) is 41.6 cm³/mol. The van der Waals surface area contributed by atoms with Crippen molar-refractivity contribution in [2.24, 2.45) is 0 Å². The molecule has 0 fully saturated rings. The first-order valence-corrected chi connectivity index (χ1v) is 3.11. The molecule has 0 saturated carbocycles. The van der Waals surface area contributed by atoms with Gasteiger partial charge in [0.1, 0.15) is 5.82 Å². The van der Waals surface area contributed by atoms with Crippen molar-refractivity contribution < 1.29 is 0 Å². The average molecular weight is 140 g/mol. The maximum Gasteiger partial charge on any atom is 0.135 e. The molecule has 1 rings (SSSR count). The fourth-order valence-electron chi connectivity index (χ4n) is 0.605. The molecule has 2 nitrogen and oxygen atoms in total. The van der Waals surface area contributed by atoms with E-state index in [0.717, 1.165) is 11.5 Å². The Morgan fingerprint density at radius 3 is 2.78 bits per heavy atom. The Labute approximate surface area is 59.9 Å². The molecule has 3 heteroatoms. The quantitative estimate of drug-likeness (QED) is 0.580. The van der Waals surface area contributed by atoms with Gasteiger partial charge in [-0.25, -0.2) is 4.98 Å². The predicted octanol–water partition coefficient (Wildman–Crippen LogP) is 1.65. The second kappa shape index (κ2) is 2.73. The van der Waals surface area contributed by atoms with Crippen molar-refractivity contribution in [3.8, 4) is 0 Å². The van der Waals surface area contributed by atoms with Crippen LogP contribution in [0.15, 0.2) is 18.2 Å². The van der Waals surface area contributed by atoms with Gasteiger partial charge in [-0.1, -0.05) is 18.9 Å². The van der Waals surface area contributed by atoms with E-state index in [9.17, 15) is 0 Å². The topological polar surface area (TPSA) is 24.9 Å². The third-order valence-corrected chi connectivity index (χ3v) is 1.23. The summed E-state index contributed by atoms with van der Waals surface area (Å²) in [6, 6.07) is 5.73. The van der Waals surface area contributed by atoms with E-state index in [4.69, 9.17) is 0 Å². The molecular formula is C6H8N2S. The second-order valence-corrected chi connectivity index (χ2v) is 2.00. The monoisotopic (exact) mass is 140 g/mol. The summed E-state index contributed by atoms with van der Waals surface area (Å²) in [6.45, 7) is 1.94. The van der Waals surface area contributed by atoms with E-state index in [0.29, 0.717) is 0 Å². The standard InChI is InChI=1S/C6H8N2S/c1-5-3-2-4-6(7-5)8-9/h2-4,9H,1H3,(H,7,8). The van der Waals surface area contributed by atoms with E-state index in [-0.39, 0.29) is 0 Å². The van der Waals surface area contributed by atoms with Gasteiger partial charge in [-0.3, -0.25) is 0 Å². The summed E-state index contributed by atoms with van der Waals surface area (Å²) in [6.07, 6.45) is 0. The molecule has 1 N–H and O–H groups in total. The third-order valence-electron chi connectivity index (χ3n) is 1.00. The van der Waals surface area contributed by atoms with Crippen LogP contribution >= 0.6 is 12.8 Å². The van der Waals surface area contributed by atoms with Gasteiger partial charge in [0, 0.05) is 5.69 Å². The number of aryl methyl sites for hydroxylation is 1. The normalized spacial score (nSPS) is 9.11. The minimum absolute atomic E-state index is 0.790. The van der Waals surface area contributed by atoms with Crippen LogP contribution in [0.1, 0.15) is 5.69 Å². The van der Waals surface area contributed by atoms with Crippen LogP contribution < -0.4 is 4.72 Å². The molecular weight excluding hydrogens is 132 g/mol. The first-order valence-electron chi connectivity index (χ1n) is 2.66. The van der Waals surface area contributed by atoms with Crippen LogP contribution in [0.25, 0.3) is 0 Å². The maximum atomic E-state index is 4.10. The Morgan fingerprint density at radius 2 is 2.33 bits per heavy atom. The van der Waals surface area contributed by atoms with Gasteiger partial charge in [0.25, 0.3) is 0 Å². The summed E-state index contributed by atoms with van der Waals surface area (Å²) in [5, 5.41) is 0. The van der Waals surface area contributed by atoms with Gasteiger partial charge < -0.3 is 4.72 Å². The molecule has 1 heterocycles. The molecule has 0 aliphatic carbocycles. The molecule has 9 heavy (non-hydrogen) atoms. The number of hydrogen-bond donors (Lipinski definition) is 2. The van der Waals surface area contributed by atoms with Gasteiger partial charge in [0.2, 0.25) is 0 Å². The Kier molecular flexibility index (Phi) is 1.95. The molecule has 0 amide bonds. The van der Waals surface area contributed by atoms with Crippen molar-refractivity contribution in [1.29, 1.82) is 0 Å². The lowest BCUT2D eigenvalue weighted by Crippen LogP contribution is -1.86. The van der Waals surface area contributed by atoms with Gasteiger partial charge in [0.05, 0.1) is 0 Å². The maximum absolute atomic E-state index is 4.10. The van der Waals surface area contributed by atoms with Crippen molar-refractivity contribution in [3.63, 3.8) is 0 Å². The number of nitrogens with zero attached hydrogens (tertiary/aromatic N) is 1. The summed E-state index contributed by atoms with van der Waals surface area (Å²) in [7, 11) is 0. The zero-order chi connectivity index (χ0) is 6.69. The Balaban J connectivity index is 2.94. The van der Waals surface area contributed by atoms with Crippen molar-refractivity contribution in [2.75, 3.05) is 4.72 Å². The highest BCUT2D eigenvalue weighted by molar-refractivity contribution is 7.81. The zero-order valence-electron chi connectivity index (χ0n) is 5.13. The smallest absolute Gasteiger partial charge is 0.135 e. The fourth-order valence-corrected chi connectivity index (χ4v) is 0.730. The Bertz CT molecular complexity index is 200. The summed E-state index contributed by atoms with van der Waals surface area (Å²) < 4.78 is 2.65. The van der Waals surface area contributed by atoms with Gasteiger partial charge in [-0.2, -0.15) is 0 Å². The van der Waals surface area contributed by atoms with Gasteiger partial charge >= 0.3 is 0 Å². The second-order valence-electron chi connectivity index (χ2n) is 1.78. The zero-order valence-corrected chi connectivity index (χ0v) is 6.02. The number of nitrogens with one attached hydrogen (secondary N) is 1. The molecule has 1 aromatic heterocycles. The van der Waals surface area contributed by atoms with Crippen LogP contribution in [0.2, 0.25) is 0 Å². The number of rotatable bonds is 1. The largest absolute Gasteiger partial charge is 0.317 e.